The first-order valence-corrected chi connectivity index (χ1v) is 11.0. The van der Waals surface area contributed by atoms with E-state index in [-0.39, 0.29) is 11.5 Å². The number of hydrogen-bond acceptors (Lipinski definition) is 4. The Balaban J connectivity index is 1.61. The van der Waals surface area contributed by atoms with Crippen LogP contribution in [-0.2, 0) is 0 Å². The first-order valence-electron chi connectivity index (χ1n) is 9.21. The molecule has 0 aliphatic carbocycles. The van der Waals surface area contributed by atoms with Crippen LogP contribution in [0.2, 0.25) is 10.0 Å². The predicted molar refractivity (Wildman–Crippen MR) is 126 cm³/mol. The highest BCUT2D eigenvalue weighted by molar-refractivity contribution is 8.00. The molecule has 0 atom stereocenters. The smallest absolute Gasteiger partial charge is 0.174 e. The second-order valence-electron chi connectivity index (χ2n) is 6.48. The summed E-state index contributed by atoms with van der Waals surface area (Å²) in [6.07, 6.45) is 3.85. The third-order valence-electron chi connectivity index (χ3n) is 4.38. The van der Waals surface area contributed by atoms with E-state index in [1.807, 2.05) is 66.7 Å². The normalized spacial score (nSPS) is 11.3. The van der Waals surface area contributed by atoms with Gasteiger partial charge in [-0.3, -0.25) is 4.79 Å². The number of halogens is 2. The Bertz CT molecular complexity index is 1240. The number of Topliss-reactive ketones (excluding diaryl/α,β-unsaturated/α-hetero) is 1. The van der Waals surface area contributed by atoms with E-state index in [0.29, 0.717) is 21.4 Å². The Hall–Kier alpha value is -2.66. The van der Waals surface area contributed by atoms with Gasteiger partial charge in [0.2, 0.25) is 0 Å². The SMILES string of the molecule is O=C(CSc1nc(/C=C/c2ccccc2)nc2ccccc12)c1ccc(Cl)cc1Cl. The number of aromatic nitrogens is 2. The van der Waals surface area contributed by atoms with Crippen LogP contribution in [0.5, 0.6) is 0 Å². The van der Waals surface area contributed by atoms with Gasteiger partial charge in [-0.1, -0.05) is 89.6 Å². The molecule has 0 aliphatic heterocycles. The second-order valence-corrected chi connectivity index (χ2v) is 8.29. The molecule has 0 bridgehead atoms. The lowest BCUT2D eigenvalue weighted by Crippen LogP contribution is -2.04. The maximum atomic E-state index is 12.7. The van der Waals surface area contributed by atoms with Gasteiger partial charge in [0.1, 0.15) is 5.03 Å². The van der Waals surface area contributed by atoms with Gasteiger partial charge in [0.15, 0.2) is 11.6 Å². The van der Waals surface area contributed by atoms with Gasteiger partial charge >= 0.3 is 0 Å². The highest BCUT2D eigenvalue weighted by Crippen LogP contribution is 2.28. The third kappa shape index (κ3) is 4.90. The molecule has 30 heavy (non-hydrogen) atoms. The first kappa shape index (κ1) is 20.6. The van der Waals surface area contributed by atoms with E-state index in [9.17, 15) is 4.79 Å². The molecule has 1 aromatic heterocycles. The molecule has 0 unspecified atom stereocenters. The fraction of sp³-hybridized carbons (Fsp3) is 0.0417. The quantitative estimate of drug-likeness (QED) is 0.178. The number of hydrogen-bond donors (Lipinski definition) is 0. The summed E-state index contributed by atoms with van der Waals surface area (Å²) in [5.74, 6) is 0.729. The Kier molecular flexibility index (Phi) is 6.48. The minimum atomic E-state index is -0.0780. The lowest BCUT2D eigenvalue weighted by molar-refractivity contribution is 0.102. The van der Waals surface area contributed by atoms with Crippen molar-refractivity contribution in [3.63, 3.8) is 0 Å². The summed E-state index contributed by atoms with van der Waals surface area (Å²) in [6.45, 7) is 0. The van der Waals surface area contributed by atoms with Crippen molar-refractivity contribution in [1.29, 1.82) is 0 Å². The molecule has 3 aromatic carbocycles. The molecule has 0 amide bonds. The highest BCUT2D eigenvalue weighted by atomic mass is 35.5. The summed E-state index contributed by atoms with van der Waals surface area (Å²) in [5, 5.41) is 2.52. The number of carbonyl (C=O) groups excluding carboxylic acids is 1. The number of thioether (sulfide) groups is 1. The van der Waals surface area contributed by atoms with Gasteiger partial charge in [0.25, 0.3) is 0 Å². The number of rotatable bonds is 6. The van der Waals surface area contributed by atoms with E-state index >= 15 is 0 Å². The number of benzene rings is 3. The highest BCUT2D eigenvalue weighted by Gasteiger charge is 2.14. The zero-order chi connectivity index (χ0) is 20.9. The van der Waals surface area contributed by atoms with Gasteiger partial charge in [0.05, 0.1) is 16.3 Å². The van der Waals surface area contributed by atoms with Crippen LogP contribution in [0.3, 0.4) is 0 Å². The number of para-hydroxylation sites is 1. The van der Waals surface area contributed by atoms with Crippen molar-refractivity contribution in [2.45, 2.75) is 5.03 Å². The zero-order valence-electron chi connectivity index (χ0n) is 15.8. The van der Waals surface area contributed by atoms with Crippen molar-refractivity contribution < 1.29 is 4.79 Å². The van der Waals surface area contributed by atoms with Crippen molar-refractivity contribution in [3.05, 3.63) is 99.8 Å². The lowest BCUT2D eigenvalue weighted by atomic mass is 10.1. The molecule has 0 spiro atoms. The Morgan fingerprint density at radius 3 is 2.47 bits per heavy atom. The Morgan fingerprint density at radius 2 is 1.67 bits per heavy atom. The van der Waals surface area contributed by atoms with Crippen LogP contribution >= 0.6 is 35.0 Å². The maximum absolute atomic E-state index is 12.7. The van der Waals surface area contributed by atoms with Crippen molar-refractivity contribution in [1.82, 2.24) is 9.97 Å². The first-order chi connectivity index (χ1) is 14.6. The van der Waals surface area contributed by atoms with E-state index in [0.717, 1.165) is 21.5 Å². The number of carbonyl (C=O) groups is 1. The van der Waals surface area contributed by atoms with Crippen molar-refractivity contribution in [2.75, 3.05) is 5.75 Å². The minimum absolute atomic E-state index is 0.0780. The average Bonchev–Trinajstić information content (AvgIpc) is 2.76. The van der Waals surface area contributed by atoms with Crippen LogP contribution in [-0.4, -0.2) is 21.5 Å². The molecule has 4 aromatic rings. The summed E-state index contributed by atoms with van der Waals surface area (Å²) in [4.78, 5) is 22.0. The van der Waals surface area contributed by atoms with E-state index in [4.69, 9.17) is 23.2 Å². The zero-order valence-corrected chi connectivity index (χ0v) is 18.1. The summed E-state index contributed by atoms with van der Waals surface area (Å²) >= 11 is 13.5. The van der Waals surface area contributed by atoms with Gasteiger partial charge < -0.3 is 0 Å². The van der Waals surface area contributed by atoms with E-state index in [1.54, 1.807) is 18.2 Å². The number of fused-ring (bicyclic) bond motifs is 1. The minimum Gasteiger partial charge on any atom is -0.293 e. The van der Waals surface area contributed by atoms with Crippen molar-refractivity contribution >= 4 is 63.8 Å². The standard InChI is InChI=1S/C24H16Cl2N2OS/c25-17-11-12-18(20(26)14-17)22(29)15-30-24-19-8-4-5-9-21(19)27-23(28-24)13-10-16-6-2-1-3-7-16/h1-14H,15H2/b13-10+. The molecule has 0 fully saturated rings. The van der Waals surface area contributed by atoms with Gasteiger partial charge in [-0.25, -0.2) is 9.97 Å². The largest absolute Gasteiger partial charge is 0.293 e. The van der Waals surface area contributed by atoms with Crippen LogP contribution in [0.4, 0.5) is 0 Å². The average molecular weight is 451 g/mol. The van der Waals surface area contributed by atoms with Crippen molar-refractivity contribution in [2.24, 2.45) is 0 Å². The molecule has 1 heterocycles. The van der Waals surface area contributed by atoms with Gasteiger partial charge in [-0.15, -0.1) is 0 Å². The molecular formula is C24H16Cl2N2OS. The lowest BCUT2D eigenvalue weighted by Gasteiger charge is -2.07. The fourth-order valence-corrected chi connectivity index (χ4v) is 4.33. The molecule has 0 aliphatic rings. The molecular weight excluding hydrogens is 435 g/mol. The monoisotopic (exact) mass is 450 g/mol. The Labute approximate surface area is 188 Å². The summed E-state index contributed by atoms with van der Waals surface area (Å²) in [5.41, 5.74) is 2.35. The molecule has 0 N–H and O–H groups in total. The van der Waals surface area contributed by atoms with Gasteiger partial charge in [0, 0.05) is 16.0 Å². The second kappa shape index (κ2) is 9.43. The number of ketones is 1. The van der Waals surface area contributed by atoms with Crippen LogP contribution in [0.15, 0.2) is 77.8 Å². The van der Waals surface area contributed by atoms with Crippen LogP contribution in [0, 0.1) is 0 Å². The topological polar surface area (TPSA) is 42.9 Å². The van der Waals surface area contributed by atoms with Crippen LogP contribution in [0.25, 0.3) is 23.1 Å². The molecule has 4 rings (SSSR count). The molecule has 148 valence electrons. The van der Waals surface area contributed by atoms with E-state index in [2.05, 4.69) is 9.97 Å². The van der Waals surface area contributed by atoms with Gasteiger partial charge in [-0.05, 0) is 35.9 Å². The summed E-state index contributed by atoms with van der Waals surface area (Å²) < 4.78 is 0. The molecule has 3 nitrogen and oxygen atoms in total. The molecule has 6 heteroatoms. The maximum Gasteiger partial charge on any atom is 0.174 e. The molecule has 0 saturated heterocycles. The van der Waals surface area contributed by atoms with Crippen LogP contribution in [0.1, 0.15) is 21.7 Å². The summed E-state index contributed by atoms with van der Waals surface area (Å²) in [7, 11) is 0. The summed E-state index contributed by atoms with van der Waals surface area (Å²) in [6, 6.07) is 22.6. The molecule has 0 radical (unpaired) electrons. The van der Waals surface area contributed by atoms with Crippen molar-refractivity contribution in [3.8, 4) is 0 Å². The van der Waals surface area contributed by atoms with E-state index in [1.165, 1.54) is 11.8 Å². The fourth-order valence-electron chi connectivity index (χ4n) is 2.91. The van der Waals surface area contributed by atoms with Gasteiger partial charge in [-0.2, -0.15) is 0 Å². The molecule has 0 saturated carbocycles. The Morgan fingerprint density at radius 1 is 0.900 bits per heavy atom. The van der Waals surface area contributed by atoms with Crippen LogP contribution < -0.4 is 0 Å². The predicted octanol–water partition coefficient (Wildman–Crippen LogP) is 7.08. The number of nitrogens with zero attached hydrogens (tertiary/aromatic N) is 2. The third-order valence-corrected chi connectivity index (χ3v) is 5.92. The van der Waals surface area contributed by atoms with E-state index < -0.39 is 0 Å².